The number of amides is 1. The summed E-state index contributed by atoms with van der Waals surface area (Å²) in [6.45, 7) is 1.83. The summed E-state index contributed by atoms with van der Waals surface area (Å²) in [5.74, 6) is 0.276. The predicted molar refractivity (Wildman–Crippen MR) is 65.9 cm³/mol. The molecule has 94 valence electrons. The van der Waals surface area contributed by atoms with E-state index in [4.69, 9.17) is 4.74 Å². The Kier molecular flexibility index (Phi) is 3.18. The molecule has 6 nitrogen and oxygen atoms in total. The van der Waals surface area contributed by atoms with Crippen molar-refractivity contribution in [3.8, 4) is 11.5 Å². The van der Waals surface area contributed by atoms with Crippen LogP contribution in [0, 0.1) is 6.92 Å². The van der Waals surface area contributed by atoms with Gasteiger partial charge >= 0.3 is 0 Å². The van der Waals surface area contributed by atoms with Gasteiger partial charge in [0.05, 0.1) is 18.9 Å². The molecule has 0 aliphatic rings. The Labute approximate surface area is 104 Å². The largest absolute Gasteiger partial charge is 0.507 e. The molecule has 0 bridgehead atoms. The Hall–Kier alpha value is -2.50. The average Bonchev–Trinajstić information content (AvgIpc) is 2.76. The molecule has 0 radical (unpaired) electrons. The molecule has 1 heterocycles. The fourth-order valence-corrected chi connectivity index (χ4v) is 1.53. The van der Waals surface area contributed by atoms with Crippen molar-refractivity contribution in [1.29, 1.82) is 0 Å². The first-order chi connectivity index (χ1) is 8.61. The first-order valence-electron chi connectivity index (χ1n) is 5.30. The van der Waals surface area contributed by atoms with Gasteiger partial charge in [0.25, 0.3) is 5.91 Å². The van der Waals surface area contributed by atoms with Crippen molar-refractivity contribution >= 4 is 11.7 Å². The van der Waals surface area contributed by atoms with E-state index in [0.29, 0.717) is 11.6 Å². The van der Waals surface area contributed by atoms with Crippen LogP contribution in [0.15, 0.2) is 24.4 Å². The number of phenolic OH excluding ortho intramolecular Hbond substituents is 1. The summed E-state index contributed by atoms with van der Waals surface area (Å²) in [4.78, 5) is 11.9. The molecule has 1 amide bonds. The van der Waals surface area contributed by atoms with Gasteiger partial charge in [-0.3, -0.25) is 9.89 Å². The Balaban J connectivity index is 2.22. The van der Waals surface area contributed by atoms with Gasteiger partial charge in [-0.25, -0.2) is 0 Å². The summed E-state index contributed by atoms with van der Waals surface area (Å²) < 4.78 is 5.00. The van der Waals surface area contributed by atoms with E-state index in [-0.39, 0.29) is 11.3 Å². The Bertz CT molecular complexity index is 578. The van der Waals surface area contributed by atoms with Gasteiger partial charge in [-0.05, 0) is 24.6 Å². The van der Waals surface area contributed by atoms with Gasteiger partial charge in [0.15, 0.2) is 11.6 Å². The number of nitrogens with one attached hydrogen (secondary N) is 2. The maximum Gasteiger partial charge on any atom is 0.260 e. The second kappa shape index (κ2) is 4.79. The molecular formula is C12H13N3O3. The smallest absolute Gasteiger partial charge is 0.260 e. The highest BCUT2D eigenvalue weighted by Gasteiger charge is 2.14. The number of ether oxygens (including phenoxy) is 1. The Morgan fingerprint density at radius 2 is 2.28 bits per heavy atom. The molecular weight excluding hydrogens is 234 g/mol. The highest BCUT2D eigenvalue weighted by atomic mass is 16.5. The number of rotatable bonds is 3. The van der Waals surface area contributed by atoms with E-state index in [0.717, 1.165) is 5.56 Å². The zero-order valence-corrected chi connectivity index (χ0v) is 10.0. The topological polar surface area (TPSA) is 87.2 Å². The standard InChI is InChI=1S/C12H13N3O3/c1-7-3-4-8(9(16)5-7)12(17)14-11-10(18-2)6-13-15-11/h3-6,16H,1-2H3,(H2,13,14,15,17). The minimum atomic E-state index is -0.435. The highest BCUT2D eigenvalue weighted by molar-refractivity contribution is 6.06. The fraction of sp³-hybridized carbons (Fsp3) is 0.167. The molecule has 3 N–H and O–H groups in total. The van der Waals surface area contributed by atoms with E-state index in [1.54, 1.807) is 12.1 Å². The lowest BCUT2D eigenvalue weighted by molar-refractivity contribution is 0.102. The van der Waals surface area contributed by atoms with Crippen molar-refractivity contribution < 1.29 is 14.6 Å². The molecule has 0 saturated carbocycles. The van der Waals surface area contributed by atoms with Crippen LogP contribution in [-0.4, -0.2) is 28.3 Å². The van der Waals surface area contributed by atoms with Gasteiger partial charge in [0.1, 0.15) is 5.75 Å². The third-order valence-electron chi connectivity index (χ3n) is 2.46. The van der Waals surface area contributed by atoms with E-state index in [2.05, 4.69) is 15.5 Å². The van der Waals surface area contributed by atoms with E-state index >= 15 is 0 Å². The SMILES string of the molecule is COc1cn[nH]c1NC(=O)c1ccc(C)cc1O. The molecule has 0 fully saturated rings. The lowest BCUT2D eigenvalue weighted by atomic mass is 10.1. The summed E-state index contributed by atoms with van der Waals surface area (Å²) in [6.07, 6.45) is 1.45. The van der Waals surface area contributed by atoms with Crippen molar-refractivity contribution in [2.24, 2.45) is 0 Å². The number of benzene rings is 1. The number of carbonyl (C=O) groups is 1. The number of carbonyl (C=O) groups excluding carboxylic acids is 1. The maximum atomic E-state index is 11.9. The summed E-state index contributed by atoms with van der Waals surface area (Å²) in [5, 5.41) is 18.6. The van der Waals surface area contributed by atoms with Crippen LogP contribution in [0.25, 0.3) is 0 Å². The molecule has 2 aromatic rings. The van der Waals surface area contributed by atoms with Crippen molar-refractivity contribution in [2.75, 3.05) is 12.4 Å². The van der Waals surface area contributed by atoms with Gasteiger partial charge in [0.2, 0.25) is 0 Å². The Morgan fingerprint density at radius 3 is 2.94 bits per heavy atom. The second-order valence-electron chi connectivity index (χ2n) is 3.79. The fourth-order valence-electron chi connectivity index (χ4n) is 1.53. The Morgan fingerprint density at radius 1 is 1.50 bits per heavy atom. The van der Waals surface area contributed by atoms with Crippen LogP contribution in [0.5, 0.6) is 11.5 Å². The minimum absolute atomic E-state index is 0.0639. The first-order valence-corrected chi connectivity index (χ1v) is 5.30. The number of aryl methyl sites for hydroxylation is 1. The third-order valence-corrected chi connectivity index (χ3v) is 2.46. The lowest BCUT2D eigenvalue weighted by Gasteiger charge is -2.07. The molecule has 1 aromatic carbocycles. The molecule has 1 aromatic heterocycles. The van der Waals surface area contributed by atoms with Crippen LogP contribution < -0.4 is 10.1 Å². The number of hydrogen-bond donors (Lipinski definition) is 3. The molecule has 0 aliphatic heterocycles. The van der Waals surface area contributed by atoms with Crippen LogP contribution in [0.3, 0.4) is 0 Å². The number of aromatic nitrogens is 2. The number of phenols is 1. The predicted octanol–water partition coefficient (Wildman–Crippen LogP) is 1.68. The molecule has 0 atom stereocenters. The second-order valence-corrected chi connectivity index (χ2v) is 3.79. The van der Waals surface area contributed by atoms with Crippen molar-refractivity contribution in [1.82, 2.24) is 10.2 Å². The van der Waals surface area contributed by atoms with Crippen LogP contribution in [0.4, 0.5) is 5.82 Å². The van der Waals surface area contributed by atoms with Gasteiger partial charge in [-0.2, -0.15) is 5.10 Å². The number of methoxy groups -OCH3 is 1. The third kappa shape index (κ3) is 2.27. The number of aromatic amines is 1. The molecule has 0 unspecified atom stereocenters. The van der Waals surface area contributed by atoms with Crippen molar-refractivity contribution in [3.05, 3.63) is 35.5 Å². The number of hydrogen-bond acceptors (Lipinski definition) is 4. The minimum Gasteiger partial charge on any atom is -0.507 e. The monoisotopic (exact) mass is 247 g/mol. The molecule has 0 aliphatic carbocycles. The number of anilines is 1. The molecule has 18 heavy (non-hydrogen) atoms. The highest BCUT2D eigenvalue weighted by Crippen LogP contribution is 2.23. The summed E-state index contributed by atoms with van der Waals surface area (Å²) in [7, 11) is 1.48. The number of aromatic hydroxyl groups is 1. The first kappa shape index (κ1) is 12.0. The van der Waals surface area contributed by atoms with Gasteiger partial charge in [0, 0.05) is 0 Å². The molecule has 2 rings (SSSR count). The summed E-state index contributed by atoms with van der Waals surface area (Å²) in [6, 6.07) is 4.83. The summed E-state index contributed by atoms with van der Waals surface area (Å²) >= 11 is 0. The van der Waals surface area contributed by atoms with E-state index in [9.17, 15) is 9.90 Å². The van der Waals surface area contributed by atoms with Crippen LogP contribution in [-0.2, 0) is 0 Å². The molecule has 0 spiro atoms. The maximum absolute atomic E-state index is 11.9. The van der Waals surface area contributed by atoms with Crippen molar-refractivity contribution in [2.45, 2.75) is 6.92 Å². The van der Waals surface area contributed by atoms with Crippen molar-refractivity contribution in [3.63, 3.8) is 0 Å². The zero-order valence-electron chi connectivity index (χ0n) is 10.0. The number of nitrogens with zero attached hydrogens (tertiary/aromatic N) is 1. The molecule has 0 saturated heterocycles. The number of H-pyrrole nitrogens is 1. The van der Waals surface area contributed by atoms with Gasteiger partial charge < -0.3 is 15.2 Å². The van der Waals surface area contributed by atoms with Gasteiger partial charge in [-0.15, -0.1) is 0 Å². The van der Waals surface area contributed by atoms with Crippen LogP contribution >= 0.6 is 0 Å². The molecule has 6 heteroatoms. The average molecular weight is 247 g/mol. The lowest BCUT2D eigenvalue weighted by Crippen LogP contribution is -2.13. The van der Waals surface area contributed by atoms with E-state index in [1.165, 1.54) is 19.4 Å². The van der Waals surface area contributed by atoms with Crippen LogP contribution in [0.1, 0.15) is 15.9 Å². The normalized spacial score (nSPS) is 10.1. The van der Waals surface area contributed by atoms with Crippen LogP contribution in [0.2, 0.25) is 0 Å². The van der Waals surface area contributed by atoms with Gasteiger partial charge in [-0.1, -0.05) is 6.07 Å². The zero-order chi connectivity index (χ0) is 13.1. The van der Waals surface area contributed by atoms with E-state index < -0.39 is 5.91 Å². The van der Waals surface area contributed by atoms with E-state index in [1.807, 2.05) is 6.92 Å². The quantitative estimate of drug-likeness (QED) is 0.770. The summed E-state index contributed by atoms with van der Waals surface area (Å²) in [5.41, 5.74) is 1.07.